The maximum atomic E-state index is 9.28. The van der Waals surface area contributed by atoms with Crippen molar-refractivity contribution in [2.75, 3.05) is 0 Å². The third-order valence-electron chi connectivity index (χ3n) is 0.174. The summed E-state index contributed by atoms with van der Waals surface area (Å²) in [5.41, 5.74) is 2.03. The smallest absolute Gasteiger partial charge is 0.0105 e. The van der Waals surface area contributed by atoms with Crippen LogP contribution in [0.2, 0.25) is 0 Å². The van der Waals surface area contributed by atoms with E-state index in [0.717, 1.165) is 0 Å². The van der Waals surface area contributed by atoms with Crippen molar-refractivity contribution >= 4 is 0 Å². The van der Waals surface area contributed by atoms with Gasteiger partial charge in [-0.25, -0.2) is 0 Å². The molecular formula is C3H6NO-. The summed E-state index contributed by atoms with van der Waals surface area (Å²) in [6, 6.07) is 0. The van der Waals surface area contributed by atoms with Crippen molar-refractivity contribution < 1.29 is 0 Å². The van der Waals surface area contributed by atoms with Gasteiger partial charge < -0.3 is 10.7 Å². The molecule has 0 aromatic heterocycles. The monoisotopic (exact) mass is 72.0 g/mol. The van der Waals surface area contributed by atoms with E-state index < -0.39 is 0 Å². The summed E-state index contributed by atoms with van der Waals surface area (Å²) in [4.78, 5) is 0. The van der Waals surface area contributed by atoms with Gasteiger partial charge in [-0.3, -0.25) is 0 Å². The number of hydrogen-bond donors (Lipinski definition) is 1. The maximum absolute atomic E-state index is 9.28. The number of rotatable bonds is 1. The van der Waals surface area contributed by atoms with Gasteiger partial charge in [0.2, 0.25) is 0 Å². The molecule has 0 heterocycles. The standard InChI is InChI=1S/C3H6NO/c1-3(2)4-5/h4H,1H2,2H3/q-1. The average Bonchev–Trinajstić information content (AvgIpc) is 1.38. The molecule has 0 aliphatic carbocycles. The molecule has 0 spiro atoms. The van der Waals surface area contributed by atoms with Crippen LogP contribution in [0.5, 0.6) is 0 Å². The Hall–Kier alpha value is -0.500. The fraction of sp³-hybridized carbons (Fsp3) is 0.333. The van der Waals surface area contributed by atoms with E-state index in [9.17, 15) is 5.21 Å². The van der Waals surface area contributed by atoms with Crippen LogP contribution in [0, 0.1) is 5.21 Å². The molecule has 0 saturated carbocycles. The highest BCUT2D eigenvalue weighted by molar-refractivity contribution is 4.83. The topological polar surface area (TPSA) is 35.1 Å². The van der Waals surface area contributed by atoms with Gasteiger partial charge in [0, 0.05) is 0 Å². The first-order valence-corrected chi connectivity index (χ1v) is 1.31. The zero-order valence-corrected chi connectivity index (χ0v) is 3.12. The second-order valence-corrected chi connectivity index (χ2v) is 0.882. The molecule has 0 aromatic carbocycles. The van der Waals surface area contributed by atoms with Crippen molar-refractivity contribution in [1.82, 2.24) is 5.48 Å². The molecule has 0 atom stereocenters. The molecular weight excluding hydrogens is 66.0 g/mol. The molecule has 0 bridgehead atoms. The zero-order valence-electron chi connectivity index (χ0n) is 3.12. The minimum absolute atomic E-state index is 0.449. The van der Waals surface area contributed by atoms with Crippen LogP contribution in [0.1, 0.15) is 6.92 Å². The fourth-order valence-corrected chi connectivity index (χ4v) is 0. The van der Waals surface area contributed by atoms with Crippen molar-refractivity contribution in [2.24, 2.45) is 0 Å². The van der Waals surface area contributed by atoms with Crippen molar-refractivity contribution in [3.05, 3.63) is 17.5 Å². The summed E-state index contributed by atoms with van der Waals surface area (Å²) in [6.07, 6.45) is 0. The summed E-state index contributed by atoms with van der Waals surface area (Å²) in [5.74, 6) is 0. The highest BCUT2D eigenvalue weighted by Gasteiger charge is 1.56. The minimum Gasteiger partial charge on any atom is -0.761 e. The van der Waals surface area contributed by atoms with Crippen molar-refractivity contribution in [3.63, 3.8) is 0 Å². The Balaban J connectivity index is 2.85. The lowest BCUT2D eigenvalue weighted by Crippen LogP contribution is -1.94. The lowest BCUT2D eigenvalue weighted by atomic mass is 10.6. The van der Waals surface area contributed by atoms with Crippen LogP contribution >= 0.6 is 0 Å². The molecule has 0 aliphatic rings. The third kappa shape index (κ3) is 3.50. The summed E-state index contributed by atoms with van der Waals surface area (Å²) in [5, 5.41) is 9.28. The van der Waals surface area contributed by atoms with E-state index in [1.54, 1.807) is 12.4 Å². The molecule has 0 amide bonds. The fourth-order valence-electron chi connectivity index (χ4n) is 0. The Morgan fingerprint density at radius 1 is 2.00 bits per heavy atom. The van der Waals surface area contributed by atoms with Crippen LogP contribution in [0.25, 0.3) is 0 Å². The maximum Gasteiger partial charge on any atom is -0.0105 e. The second kappa shape index (κ2) is 1.79. The molecule has 0 aliphatic heterocycles. The van der Waals surface area contributed by atoms with Gasteiger partial charge in [0.05, 0.1) is 0 Å². The number of hydrogen-bond acceptors (Lipinski definition) is 2. The van der Waals surface area contributed by atoms with Gasteiger partial charge in [-0.1, -0.05) is 6.58 Å². The SMILES string of the molecule is C=C(C)N[O-]. The van der Waals surface area contributed by atoms with E-state index >= 15 is 0 Å². The van der Waals surface area contributed by atoms with Crippen LogP contribution in [0.3, 0.4) is 0 Å². The van der Waals surface area contributed by atoms with Gasteiger partial charge in [0.15, 0.2) is 0 Å². The first kappa shape index (κ1) is 4.50. The Morgan fingerprint density at radius 2 is 2.20 bits per heavy atom. The highest BCUT2D eigenvalue weighted by atomic mass is 16.5. The zero-order chi connectivity index (χ0) is 4.28. The number of nitrogens with one attached hydrogen (secondary N) is 1. The normalized spacial score (nSPS) is 6.80. The molecule has 30 valence electrons. The molecule has 0 rings (SSSR count). The summed E-state index contributed by atoms with van der Waals surface area (Å²) in [7, 11) is 0. The Morgan fingerprint density at radius 3 is 2.20 bits per heavy atom. The lowest BCUT2D eigenvalue weighted by Gasteiger charge is -2.04. The molecule has 0 saturated heterocycles. The van der Waals surface area contributed by atoms with Crippen LogP contribution in [0.4, 0.5) is 0 Å². The largest absolute Gasteiger partial charge is 0.761 e. The van der Waals surface area contributed by atoms with Crippen LogP contribution in [0.15, 0.2) is 12.3 Å². The van der Waals surface area contributed by atoms with E-state index in [-0.39, 0.29) is 0 Å². The molecule has 0 aromatic rings. The molecule has 0 fully saturated rings. The molecule has 2 nitrogen and oxygen atoms in total. The third-order valence-corrected chi connectivity index (χ3v) is 0.174. The molecule has 0 radical (unpaired) electrons. The van der Waals surface area contributed by atoms with E-state index in [1.807, 2.05) is 0 Å². The molecule has 5 heavy (non-hydrogen) atoms. The van der Waals surface area contributed by atoms with Gasteiger partial charge >= 0.3 is 0 Å². The van der Waals surface area contributed by atoms with Gasteiger partial charge in [0.1, 0.15) is 0 Å². The van der Waals surface area contributed by atoms with Crippen molar-refractivity contribution in [3.8, 4) is 0 Å². The van der Waals surface area contributed by atoms with Gasteiger partial charge in [-0.15, -0.1) is 0 Å². The van der Waals surface area contributed by atoms with Gasteiger partial charge in [0.25, 0.3) is 0 Å². The summed E-state index contributed by atoms with van der Waals surface area (Å²) < 4.78 is 0. The summed E-state index contributed by atoms with van der Waals surface area (Å²) >= 11 is 0. The predicted octanol–water partition coefficient (Wildman–Crippen LogP) is 0.607. The Kier molecular flexibility index (Phi) is 1.61. The molecule has 0 unspecified atom stereocenters. The van der Waals surface area contributed by atoms with E-state index in [0.29, 0.717) is 5.70 Å². The van der Waals surface area contributed by atoms with Crippen molar-refractivity contribution in [2.45, 2.75) is 6.92 Å². The quantitative estimate of drug-likeness (QED) is 0.460. The van der Waals surface area contributed by atoms with Crippen LogP contribution in [-0.4, -0.2) is 0 Å². The Labute approximate surface area is 31.1 Å². The molecule has 1 N–H and O–H groups in total. The average molecular weight is 72.1 g/mol. The minimum atomic E-state index is 0.449. The number of hydroxylamine groups is 1. The molecule has 2 heteroatoms. The second-order valence-electron chi connectivity index (χ2n) is 0.882. The van der Waals surface area contributed by atoms with Crippen molar-refractivity contribution in [1.29, 1.82) is 0 Å². The van der Waals surface area contributed by atoms with E-state index in [4.69, 9.17) is 0 Å². The highest BCUT2D eigenvalue weighted by Crippen LogP contribution is 1.69. The van der Waals surface area contributed by atoms with Crippen LogP contribution < -0.4 is 5.48 Å². The number of allylic oxidation sites excluding steroid dienone is 1. The Bertz CT molecular complexity index is 42.2. The van der Waals surface area contributed by atoms with E-state index in [1.165, 1.54) is 0 Å². The van der Waals surface area contributed by atoms with E-state index in [2.05, 4.69) is 6.58 Å². The summed E-state index contributed by atoms with van der Waals surface area (Å²) in [6.45, 7) is 4.85. The van der Waals surface area contributed by atoms with Crippen LogP contribution in [-0.2, 0) is 0 Å². The first-order chi connectivity index (χ1) is 2.27. The van der Waals surface area contributed by atoms with Gasteiger partial charge in [-0.2, -0.15) is 0 Å². The van der Waals surface area contributed by atoms with Gasteiger partial charge in [-0.05, 0) is 12.6 Å². The predicted molar refractivity (Wildman–Crippen MR) is 21.3 cm³/mol. The lowest BCUT2D eigenvalue weighted by molar-refractivity contribution is 1.08. The first-order valence-electron chi connectivity index (χ1n) is 1.31.